The van der Waals surface area contributed by atoms with E-state index in [2.05, 4.69) is 27.5 Å². The molecule has 24 heavy (non-hydrogen) atoms. The zero-order valence-corrected chi connectivity index (χ0v) is 13.9. The molecule has 2 aromatic heterocycles. The molecular weight excluding hydrogens is 324 g/mol. The first-order valence-corrected chi connectivity index (χ1v) is 8.85. The van der Waals surface area contributed by atoms with Gasteiger partial charge in [0, 0.05) is 25.5 Å². The molecule has 0 aliphatic carbocycles. The summed E-state index contributed by atoms with van der Waals surface area (Å²) in [5.74, 6) is 0.540. The normalized spacial score (nSPS) is 18.8. The molecule has 4 rings (SSSR count). The SMILES string of the molecule is O=c1ccnc2sc(NC(CC3CCOC3)c3ccccc3)nn12. The highest BCUT2D eigenvalue weighted by atomic mass is 32.1. The Bertz CT molecular complexity index is 871. The van der Waals surface area contributed by atoms with Gasteiger partial charge in [-0.15, -0.1) is 5.10 Å². The molecule has 2 unspecified atom stereocenters. The second kappa shape index (κ2) is 6.70. The number of rotatable bonds is 5. The van der Waals surface area contributed by atoms with Crippen LogP contribution in [-0.2, 0) is 4.74 Å². The molecule has 1 fully saturated rings. The predicted octanol–water partition coefficient (Wildman–Crippen LogP) is 2.73. The number of ether oxygens (including phenoxy) is 1. The van der Waals surface area contributed by atoms with E-state index in [-0.39, 0.29) is 11.6 Å². The van der Waals surface area contributed by atoms with Crippen LogP contribution in [0.1, 0.15) is 24.4 Å². The Morgan fingerprint density at radius 1 is 1.33 bits per heavy atom. The molecule has 0 saturated carbocycles. The van der Waals surface area contributed by atoms with Gasteiger partial charge in [-0.25, -0.2) is 4.98 Å². The van der Waals surface area contributed by atoms with E-state index in [0.29, 0.717) is 16.0 Å². The Morgan fingerprint density at radius 3 is 2.96 bits per heavy atom. The summed E-state index contributed by atoms with van der Waals surface area (Å²) in [6.07, 6.45) is 3.58. The van der Waals surface area contributed by atoms with Crippen molar-refractivity contribution in [3.63, 3.8) is 0 Å². The second-order valence-electron chi connectivity index (χ2n) is 5.96. The molecule has 1 aromatic carbocycles. The van der Waals surface area contributed by atoms with Crippen LogP contribution >= 0.6 is 11.3 Å². The first-order valence-electron chi connectivity index (χ1n) is 8.04. The summed E-state index contributed by atoms with van der Waals surface area (Å²) < 4.78 is 6.85. The average molecular weight is 342 g/mol. The summed E-state index contributed by atoms with van der Waals surface area (Å²) >= 11 is 1.39. The minimum atomic E-state index is -0.162. The lowest BCUT2D eigenvalue weighted by Gasteiger charge is -2.21. The van der Waals surface area contributed by atoms with Gasteiger partial charge in [0.05, 0.1) is 6.04 Å². The smallest absolute Gasteiger partial charge is 0.275 e. The number of hydrogen-bond acceptors (Lipinski definition) is 6. The summed E-state index contributed by atoms with van der Waals surface area (Å²) in [6, 6.07) is 11.9. The van der Waals surface area contributed by atoms with E-state index in [1.54, 1.807) is 0 Å². The largest absolute Gasteiger partial charge is 0.381 e. The summed E-state index contributed by atoms with van der Waals surface area (Å²) in [4.78, 5) is 16.7. The average Bonchev–Trinajstić information content (AvgIpc) is 3.25. The van der Waals surface area contributed by atoms with Gasteiger partial charge in [-0.2, -0.15) is 4.52 Å². The molecule has 1 aliphatic heterocycles. The van der Waals surface area contributed by atoms with Crippen LogP contribution in [-0.4, -0.2) is 27.8 Å². The van der Waals surface area contributed by atoms with Crippen molar-refractivity contribution < 1.29 is 4.74 Å². The fraction of sp³-hybridized carbons (Fsp3) is 0.353. The lowest BCUT2D eigenvalue weighted by molar-refractivity contribution is 0.183. The summed E-state index contributed by atoms with van der Waals surface area (Å²) in [6.45, 7) is 1.65. The maximum Gasteiger partial charge on any atom is 0.275 e. The first kappa shape index (κ1) is 15.3. The molecule has 0 radical (unpaired) electrons. The lowest BCUT2D eigenvalue weighted by atomic mass is 9.94. The minimum Gasteiger partial charge on any atom is -0.381 e. The van der Waals surface area contributed by atoms with Gasteiger partial charge >= 0.3 is 0 Å². The molecule has 0 amide bonds. The van der Waals surface area contributed by atoms with Gasteiger partial charge < -0.3 is 10.1 Å². The number of anilines is 1. The molecule has 1 aliphatic rings. The molecular formula is C17H18N4O2S. The third-order valence-electron chi connectivity index (χ3n) is 4.26. The van der Waals surface area contributed by atoms with Crippen LogP contribution in [0.2, 0.25) is 0 Å². The highest BCUT2D eigenvalue weighted by Crippen LogP contribution is 2.30. The Labute approximate surface area is 143 Å². The monoisotopic (exact) mass is 342 g/mol. The van der Waals surface area contributed by atoms with Crippen molar-refractivity contribution >= 4 is 21.4 Å². The highest BCUT2D eigenvalue weighted by Gasteiger charge is 2.23. The van der Waals surface area contributed by atoms with Crippen LogP contribution in [0.15, 0.2) is 47.4 Å². The van der Waals surface area contributed by atoms with E-state index in [0.717, 1.165) is 26.1 Å². The Hall–Kier alpha value is -2.25. The second-order valence-corrected chi connectivity index (χ2v) is 6.91. The minimum absolute atomic E-state index is 0.133. The Morgan fingerprint density at radius 2 is 2.21 bits per heavy atom. The van der Waals surface area contributed by atoms with Crippen molar-refractivity contribution in [2.24, 2.45) is 5.92 Å². The van der Waals surface area contributed by atoms with Crippen molar-refractivity contribution in [2.45, 2.75) is 18.9 Å². The van der Waals surface area contributed by atoms with Gasteiger partial charge in [0.1, 0.15) is 0 Å². The summed E-state index contributed by atoms with van der Waals surface area (Å²) in [5.41, 5.74) is 1.05. The van der Waals surface area contributed by atoms with Crippen molar-refractivity contribution in [2.75, 3.05) is 18.5 Å². The number of aromatic nitrogens is 3. The Kier molecular flexibility index (Phi) is 4.27. The van der Waals surface area contributed by atoms with Crippen LogP contribution in [0, 0.1) is 5.92 Å². The molecule has 1 saturated heterocycles. The fourth-order valence-corrected chi connectivity index (χ4v) is 3.84. The molecule has 3 aromatic rings. The van der Waals surface area contributed by atoms with E-state index in [1.165, 1.54) is 33.7 Å². The number of hydrogen-bond donors (Lipinski definition) is 1. The van der Waals surface area contributed by atoms with Gasteiger partial charge in [0.2, 0.25) is 10.1 Å². The third-order valence-corrected chi connectivity index (χ3v) is 5.12. The predicted molar refractivity (Wildman–Crippen MR) is 93.5 cm³/mol. The first-order chi connectivity index (χ1) is 11.8. The Balaban J connectivity index is 1.62. The van der Waals surface area contributed by atoms with Crippen LogP contribution in [0.4, 0.5) is 5.13 Å². The maximum absolute atomic E-state index is 11.8. The topological polar surface area (TPSA) is 68.5 Å². The van der Waals surface area contributed by atoms with E-state index in [4.69, 9.17) is 4.74 Å². The highest BCUT2D eigenvalue weighted by molar-refractivity contribution is 7.20. The van der Waals surface area contributed by atoms with E-state index < -0.39 is 0 Å². The molecule has 124 valence electrons. The molecule has 1 N–H and O–H groups in total. The molecule has 0 bridgehead atoms. The van der Waals surface area contributed by atoms with E-state index in [1.807, 2.05) is 18.2 Å². The number of nitrogens with zero attached hydrogens (tertiary/aromatic N) is 3. The van der Waals surface area contributed by atoms with Gasteiger partial charge in [-0.05, 0) is 24.3 Å². The zero-order chi connectivity index (χ0) is 16.4. The number of fused-ring (bicyclic) bond motifs is 1. The van der Waals surface area contributed by atoms with Crippen molar-refractivity contribution in [1.29, 1.82) is 0 Å². The quantitative estimate of drug-likeness (QED) is 0.772. The van der Waals surface area contributed by atoms with E-state index >= 15 is 0 Å². The van der Waals surface area contributed by atoms with E-state index in [9.17, 15) is 4.79 Å². The van der Waals surface area contributed by atoms with Gasteiger partial charge in [0.15, 0.2) is 0 Å². The summed E-state index contributed by atoms with van der Waals surface area (Å²) in [5, 5.41) is 8.57. The standard InChI is InChI=1S/C17H18N4O2S/c22-15-6-8-18-17-21(15)20-16(24-17)19-14(10-12-7-9-23-11-12)13-4-2-1-3-5-13/h1-6,8,12,14H,7,9-11H2,(H,19,20). The van der Waals surface area contributed by atoms with Crippen molar-refractivity contribution in [1.82, 2.24) is 14.6 Å². The maximum atomic E-state index is 11.8. The third kappa shape index (κ3) is 3.18. The molecule has 7 heteroatoms. The number of benzene rings is 1. The van der Waals surface area contributed by atoms with Gasteiger partial charge in [0.25, 0.3) is 5.56 Å². The van der Waals surface area contributed by atoms with Crippen LogP contribution in [0.5, 0.6) is 0 Å². The fourth-order valence-electron chi connectivity index (χ4n) is 3.02. The number of nitrogens with one attached hydrogen (secondary N) is 1. The van der Waals surface area contributed by atoms with Crippen LogP contribution in [0.3, 0.4) is 0 Å². The zero-order valence-electron chi connectivity index (χ0n) is 13.1. The molecule has 3 heterocycles. The molecule has 2 atom stereocenters. The lowest BCUT2D eigenvalue weighted by Crippen LogP contribution is -2.17. The van der Waals surface area contributed by atoms with Gasteiger partial charge in [-0.3, -0.25) is 4.79 Å². The van der Waals surface area contributed by atoms with Crippen molar-refractivity contribution in [3.05, 3.63) is 58.5 Å². The summed E-state index contributed by atoms with van der Waals surface area (Å²) in [7, 11) is 0. The van der Waals surface area contributed by atoms with Crippen molar-refractivity contribution in [3.8, 4) is 0 Å². The van der Waals surface area contributed by atoms with Gasteiger partial charge in [-0.1, -0.05) is 41.7 Å². The van der Waals surface area contributed by atoms with Crippen LogP contribution < -0.4 is 10.9 Å². The van der Waals surface area contributed by atoms with Crippen LogP contribution in [0.25, 0.3) is 4.96 Å². The molecule has 6 nitrogen and oxygen atoms in total. The molecule has 0 spiro atoms.